The minimum atomic E-state index is -0.152. The number of hydrogen-bond donors (Lipinski definition) is 2. The van der Waals surface area contributed by atoms with E-state index < -0.39 is 0 Å². The summed E-state index contributed by atoms with van der Waals surface area (Å²) in [7, 11) is 0. The molecule has 0 aromatic carbocycles. The summed E-state index contributed by atoms with van der Waals surface area (Å²) < 4.78 is 0. The average Bonchev–Trinajstić information content (AvgIpc) is 2.78. The molecule has 19 heavy (non-hydrogen) atoms. The first-order valence-electron chi connectivity index (χ1n) is 8.12. The fraction of sp³-hybridized carbons (Fsp3) is 1.00. The molecule has 0 amide bonds. The Morgan fingerprint density at radius 2 is 2.11 bits per heavy atom. The van der Waals surface area contributed by atoms with Crippen LogP contribution in [0.1, 0.15) is 53.4 Å². The maximum Gasteiger partial charge on any atom is 0.0552 e. The predicted octanol–water partition coefficient (Wildman–Crippen LogP) is 2.50. The van der Waals surface area contributed by atoms with E-state index in [9.17, 15) is 5.11 Å². The molecule has 0 aromatic rings. The molecule has 1 aliphatic rings. The van der Waals surface area contributed by atoms with Crippen LogP contribution in [0.4, 0.5) is 0 Å². The van der Waals surface area contributed by atoms with E-state index in [0.717, 1.165) is 32.6 Å². The molecule has 0 radical (unpaired) electrons. The van der Waals surface area contributed by atoms with Gasteiger partial charge in [-0.2, -0.15) is 0 Å². The standard InChI is InChI=1S/C16H34N2O/c1-5-8-16(4,12-17-9-6-2)13-18-10-7-15(11-18)14(3)19/h14-15,17,19H,5-13H2,1-4H3. The van der Waals surface area contributed by atoms with E-state index in [1.807, 2.05) is 6.92 Å². The second kappa shape index (κ2) is 8.23. The molecule has 1 rings (SSSR count). The Bertz CT molecular complexity index is 245. The zero-order valence-electron chi connectivity index (χ0n) is 13.4. The molecule has 0 saturated carbocycles. The highest BCUT2D eigenvalue weighted by Gasteiger charge is 2.31. The predicted molar refractivity (Wildman–Crippen MR) is 82.4 cm³/mol. The lowest BCUT2D eigenvalue weighted by molar-refractivity contribution is 0.117. The van der Waals surface area contributed by atoms with Crippen molar-refractivity contribution in [1.82, 2.24) is 10.2 Å². The van der Waals surface area contributed by atoms with Crippen molar-refractivity contribution in [3.8, 4) is 0 Å². The van der Waals surface area contributed by atoms with Gasteiger partial charge in [0.25, 0.3) is 0 Å². The maximum absolute atomic E-state index is 9.71. The van der Waals surface area contributed by atoms with Gasteiger partial charge < -0.3 is 15.3 Å². The van der Waals surface area contributed by atoms with E-state index in [0.29, 0.717) is 11.3 Å². The van der Waals surface area contributed by atoms with Crippen LogP contribution in [0.2, 0.25) is 0 Å². The first-order chi connectivity index (χ1) is 9.00. The summed E-state index contributed by atoms with van der Waals surface area (Å²) in [4.78, 5) is 2.56. The molecule has 1 saturated heterocycles. The van der Waals surface area contributed by atoms with E-state index in [4.69, 9.17) is 0 Å². The normalized spacial score (nSPS) is 25.4. The SMILES string of the molecule is CCCNCC(C)(CCC)CN1CCC(C(C)O)C1. The third-order valence-electron chi connectivity index (χ3n) is 4.43. The Morgan fingerprint density at radius 3 is 2.63 bits per heavy atom. The lowest BCUT2D eigenvalue weighted by Gasteiger charge is -2.34. The van der Waals surface area contributed by atoms with Crippen LogP contribution in [-0.4, -0.2) is 48.8 Å². The third kappa shape index (κ3) is 5.80. The summed E-state index contributed by atoms with van der Waals surface area (Å²) in [5, 5.41) is 13.3. The lowest BCUT2D eigenvalue weighted by Crippen LogP contribution is -2.42. The Morgan fingerprint density at radius 1 is 1.37 bits per heavy atom. The molecule has 2 N–H and O–H groups in total. The van der Waals surface area contributed by atoms with Crippen molar-refractivity contribution in [3.63, 3.8) is 0 Å². The van der Waals surface area contributed by atoms with Gasteiger partial charge in [-0.1, -0.05) is 27.2 Å². The van der Waals surface area contributed by atoms with Gasteiger partial charge in [0, 0.05) is 19.6 Å². The zero-order valence-corrected chi connectivity index (χ0v) is 13.4. The van der Waals surface area contributed by atoms with Crippen LogP contribution in [0.3, 0.4) is 0 Å². The fourth-order valence-corrected chi connectivity index (χ4v) is 3.33. The van der Waals surface area contributed by atoms with Gasteiger partial charge in [0.2, 0.25) is 0 Å². The number of nitrogens with zero attached hydrogens (tertiary/aromatic N) is 1. The van der Waals surface area contributed by atoms with Crippen LogP contribution >= 0.6 is 0 Å². The number of rotatable bonds is 9. The minimum Gasteiger partial charge on any atom is -0.393 e. The van der Waals surface area contributed by atoms with Crippen molar-refractivity contribution >= 4 is 0 Å². The Kier molecular flexibility index (Phi) is 7.33. The number of hydrogen-bond acceptors (Lipinski definition) is 3. The van der Waals surface area contributed by atoms with Crippen molar-refractivity contribution in [2.75, 3.05) is 32.7 Å². The molecule has 1 fully saturated rings. The average molecular weight is 270 g/mol. The molecule has 3 atom stereocenters. The summed E-state index contributed by atoms with van der Waals surface area (Å²) in [6.07, 6.45) is 4.73. The van der Waals surface area contributed by atoms with Gasteiger partial charge in [-0.3, -0.25) is 0 Å². The Labute approximate surface area is 119 Å². The van der Waals surface area contributed by atoms with Crippen LogP contribution in [0.5, 0.6) is 0 Å². The van der Waals surface area contributed by atoms with Crippen molar-refractivity contribution in [2.45, 2.75) is 59.5 Å². The van der Waals surface area contributed by atoms with Gasteiger partial charge in [-0.15, -0.1) is 0 Å². The molecular formula is C16H34N2O. The molecule has 3 nitrogen and oxygen atoms in total. The van der Waals surface area contributed by atoms with Crippen molar-refractivity contribution in [2.24, 2.45) is 11.3 Å². The highest BCUT2D eigenvalue weighted by molar-refractivity contribution is 4.86. The van der Waals surface area contributed by atoms with E-state index in [-0.39, 0.29) is 6.10 Å². The van der Waals surface area contributed by atoms with Crippen LogP contribution in [0, 0.1) is 11.3 Å². The molecule has 0 aliphatic carbocycles. The van der Waals surface area contributed by atoms with Gasteiger partial charge in [-0.05, 0) is 50.6 Å². The second-order valence-electron chi connectivity index (χ2n) is 6.76. The number of nitrogens with one attached hydrogen (secondary N) is 1. The quantitative estimate of drug-likeness (QED) is 0.632. The topological polar surface area (TPSA) is 35.5 Å². The van der Waals surface area contributed by atoms with Gasteiger partial charge >= 0.3 is 0 Å². The number of aliphatic hydroxyl groups excluding tert-OH is 1. The van der Waals surface area contributed by atoms with Gasteiger partial charge in [0.15, 0.2) is 0 Å². The smallest absolute Gasteiger partial charge is 0.0552 e. The summed E-state index contributed by atoms with van der Waals surface area (Å²) in [6.45, 7) is 14.5. The highest BCUT2D eigenvalue weighted by atomic mass is 16.3. The molecule has 3 heteroatoms. The van der Waals surface area contributed by atoms with Crippen LogP contribution in [-0.2, 0) is 0 Å². The lowest BCUT2D eigenvalue weighted by atomic mass is 9.84. The van der Waals surface area contributed by atoms with Crippen molar-refractivity contribution in [1.29, 1.82) is 0 Å². The third-order valence-corrected chi connectivity index (χ3v) is 4.43. The van der Waals surface area contributed by atoms with Crippen molar-refractivity contribution < 1.29 is 5.11 Å². The van der Waals surface area contributed by atoms with E-state index >= 15 is 0 Å². The Hall–Kier alpha value is -0.120. The molecule has 0 aromatic heterocycles. The first kappa shape index (κ1) is 16.9. The van der Waals surface area contributed by atoms with E-state index in [2.05, 4.69) is 31.0 Å². The second-order valence-corrected chi connectivity index (χ2v) is 6.76. The molecule has 114 valence electrons. The van der Waals surface area contributed by atoms with E-state index in [1.54, 1.807) is 0 Å². The monoisotopic (exact) mass is 270 g/mol. The summed E-state index contributed by atoms with van der Waals surface area (Å²) in [6, 6.07) is 0. The maximum atomic E-state index is 9.71. The molecule has 1 aliphatic heterocycles. The fourth-order valence-electron chi connectivity index (χ4n) is 3.33. The summed E-state index contributed by atoms with van der Waals surface area (Å²) in [5.74, 6) is 0.481. The largest absolute Gasteiger partial charge is 0.393 e. The Balaban J connectivity index is 2.44. The van der Waals surface area contributed by atoms with Crippen molar-refractivity contribution in [3.05, 3.63) is 0 Å². The molecule has 3 unspecified atom stereocenters. The number of likely N-dealkylation sites (tertiary alicyclic amines) is 1. The zero-order chi connectivity index (χ0) is 14.3. The van der Waals surface area contributed by atoms with Gasteiger partial charge in [-0.25, -0.2) is 0 Å². The molecule has 0 bridgehead atoms. The minimum absolute atomic E-state index is 0.152. The summed E-state index contributed by atoms with van der Waals surface area (Å²) in [5.41, 5.74) is 0.373. The highest BCUT2D eigenvalue weighted by Crippen LogP contribution is 2.28. The molecule has 0 spiro atoms. The van der Waals surface area contributed by atoms with Gasteiger partial charge in [0.1, 0.15) is 0 Å². The first-order valence-corrected chi connectivity index (χ1v) is 8.12. The van der Waals surface area contributed by atoms with Crippen LogP contribution in [0.25, 0.3) is 0 Å². The number of aliphatic hydroxyl groups is 1. The van der Waals surface area contributed by atoms with Gasteiger partial charge in [0.05, 0.1) is 6.10 Å². The van der Waals surface area contributed by atoms with Crippen LogP contribution < -0.4 is 5.32 Å². The summed E-state index contributed by atoms with van der Waals surface area (Å²) >= 11 is 0. The van der Waals surface area contributed by atoms with Crippen LogP contribution in [0.15, 0.2) is 0 Å². The molecule has 1 heterocycles. The molecular weight excluding hydrogens is 236 g/mol. The van der Waals surface area contributed by atoms with E-state index in [1.165, 1.54) is 25.8 Å².